The molecule has 2 aromatic heterocycles. The summed E-state index contributed by atoms with van der Waals surface area (Å²) in [7, 11) is 3.46. The fourth-order valence-corrected chi connectivity index (χ4v) is 3.26. The number of nitrogens with zero attached hydrogens (tertiary/aromatic N) is 4. The molecule has 0 bridgehead atoms. The minimum absolute atomic E-state index is 0.454. The second-order valence-electron chi connectivity index (χ2n) is 6.88. The summed E-state index contributed by atoms with van der Waals surface area (Å²) in [5.74, 6) is 1.98. The Kier molecular flexibility index (Phi) is 8.50. The largest absolute Gasteiger partial charge is 0.383 e. The molecular weight excluding hydrogens is 356 g/mol. The van der Waals surface area contributed by atoms with Gasteiger partial charge in [0.2, 0.25) is 0 Å². The van der Waals surface area contributed by atoms with E-state index in [0.717, 1.165) is 42.2 Å². The molecule has 2 N–H and O–H groups in total. The molecule has 0 atom stereocenters. The van der Waals surface area contributed by atoms with Gasteiger partial charge in [-0.05, 0) is 26.7 Å². The van der Waals surface area contributed by atoms with Crippen molar-refractivity contribution < 1.29 is 9.26 Å². The standard InChI is InChI=1S/C20H34N6O2/c1-7-16(8-2)19-11-17(28-25-19)12-22-20(21-5)23-13-18-14(3)24-26(15(18)4)9-10-27-6/h11,16H,7-10,12-13H2,1-6H3,(H2,21,22,23). The van der Waals surface area contributed by atoms with E-state index in [1.165, 1.54) is 5.56 Å². The molecule has 0 fully saturated rings. The number of guanidine groups is 1. The summed E-state index contributed by atoms with van der Waals surface area (Å²) in [6, 6.07) is 2.03. The average Bonchev–Trinajstić information content (AvgIpc) is 3.26. The second-order valence-corrected chi connectivity index (χ2v) is 6.88. The highest BCUT2D eigenvalue weighted by Crippen LogP contribution is 2.22. The van der Waals surface area contributed by atoms with Crippen molar-refractivity contribution in [3.05, 3.63) is 34.5 Å². The number of rotatable bonds is 10. The van der Waals surface area contributed by atoms with Gasteiger partial charge < -0.3 is 19.9 Å². The maximum Gasteiger partial charge on any atom is 0.191 e. The smallest absolute Gasteiger partial charge is 0.191 e. The third-order valence-electron chi connectivity index (χ3n) is 5.11. The summed E-state index contributed by atoms with van der Waals surface area (Å²) in [5, 5.41) is 15.4. The van der Waals surface area contributed by atoms with Crippen molar-refractivity contribution in [2.75, 3.05) is 20.8 Å². The van der Waals surface area contributed by atoms with Gasteiger partial charge in [0.25, 0.3) is 0 Å². The van der Waals surface area contributed by atoms with Gasteiger partial charge in [0.1, 0.15) is 0 Å². The first-order valence-corrected chi connectivity index (χ1v) is 9.95. The fourth-order valence-electron chi connectivity index (χ4n) is 3.26. The fraction of sp³-hybridized carbons (Fsp3) is 0.650. The Morgan fingerprint density at radius 2 is 1.96 bits per heavy atom. The van der Waals surface area contributed by atoms with Gasteiger partial charge in [0.05, 0.1) is 31.1 Å². The van der Waals surface area contributed by atoms with Crippen LogP contribution in [0.2, 0.25) is 0 Å². The maximum absolute atomic E-state index is 5.47. The van der Waals surface area contributed by atoms with Gasteiger partial charge in [0.15, 0.2) is 11.7 Å². The van der Waals surface area contributed by atoms with Crippen molar-refractivity contribution >= 4 is 5.96 Å². The molecule has 2 aromatic rings. The van der Waals surface area contributed by atoms with Crippen molar-refractivity contribution in [2.24, 2.45) is 4.99 Å². The highest BCUT2D eigenvalue weighted by atomic mass is 16.5. The predicted molar refractivity (Wildman–Crippen MR) is 110 cm³/mol. The number of hydrogen-bond acceptors (Lipinski definition) is 5. The zero-order valence-corrected chi connectivity index (χ0v) is 18.0. The van der Waals surface area contributed by atoms with E-state index in [2.05, 4.69) is 46.7 Å². The molecule has 0 unspecified atom stereocenters. The Morgan fingerprint density at radius 3 is 2.61 bits per heavy atom. The van der Waals surface area contributed by atoms with E-state index in [4.69, 9.17) is 9.26 Å². The van der Waals surface area contributed by atoms with Crippen LogP contribution in [0, 0.1) is 13.8 Å². The van der Waals surface area contributed by atoms with Gasteiger partial charge in [-0.15, -0.1) is 0 Å². The van der Waals surface area contributed by atoms with Gasteiger partial charge in [-0.3, -0.25) is 9.67 Å². The molecule has 2 heterocycles. The SMILES string of the molecule is CCC(CC)c1cc(CNC(=NC)NCc2c(C)nn(CCOC)c2C)on1. The summed E-state index contributed by atoms with van der Waals surface area (Å²) >= 11 is 0. The molecule has 0 aliphatic rings. The minimum atomic E-state index is 0.454. The number of methoxy groups -OCH3 is 1. The van der Waals surface area contributed by atoms with Crippen LogP contribution >= 0.6 is 0 Å². The zero-order chi connectivity index (χ0) is 20.5. The van der Waals surface area contributed by atoms with Crippen LogP contribution in [0.1, 0.15) is 61.0 Å². The van der Waals surface area contributed by atoms with Gasteiger partial charge in [-0.25, -0.2) is 0 Å². The third kappa shape index (κ3) is 5.58. The van der Waals surface area contributed by atoms with Crippen molar-refractivity contribution in [3.63, 3.8) is 0 Å². The molecule has 0 saturated heterocycles. The minimum Gasteiger partial charge on any atom is -0.383 e. The molecule has 0 radical (unpaired) electrons. The lowest BCUT2D eigenvalue weighted by Crippen LogP contribution is -2.36. The predicted octanol–water partition coefficient (Wildman–Crippen LogP) is 2.90. The van der Waals surface area contributed by atoms with Gasteiger partial charge in [0, 0.05) is 43.9 Å². The summed E-state index contributed by atoms with van der Waals surface area (Å²) in [6.45, 7) is 11.0. The number of aliphatic imine (C=N–C) groups is 1. The number of hydrogen-bond donors (Lipinski definition) is 2. The molecule has 0 spiro atoms. The highest BCUT2D eigenvalue weighted by Gasteiger charge is 2.14. The van der Waals surface area contributed by atoms with E-state index in [1.807, 2.05) is 17.7 Å². The topological polar surface area (TPSA) is 89.5 Å². The van der Waals surface area contributed by atoms with E-state index < -0.39 is 0 Å². The molecule has 28 heavy (non-hydrogen) atoms. The van der Waals surface area contributed by atoms with E-state index in [0.29, 0.717) is 31.6 Å². The molecule has 8 nitrogen and oxygen atoms in total. The summed E-state index contributed by atoms with van der Waals surface area (Å²) in [5.41, 5.74) is 4.36. The van der Waals surface area contributed by atoms with Crippen molar-refractivity contribution in [1.82, 2.24) is 25.6 Å². The highest BCUT2D eigenvalue weighted by molar-refractivity contribution is 5.79. The Balaban J connectivity index is 1.91. The number of nitrogens with one attached hydrogen (secondary N) is 2. The molecule has 0 saturated carbocycles. The van der Waals surface area contributed by atoms with E-state index in [-0.39, 0.29) is 0 Å². The second kappa shape index (κ2) is 10.8. The molecular formula is C20H34N6O2. The number of ether oxygens (including phenoxy) is 1. The van der Waals surface area contributed by atoms with Gasteiger partial charge in [-0.2, -0.15) is 5.10 Å². The van der Waals surface area contributed by atoms with Crippen molar-refractivity contribution in [3.8, 4) is 0 Å². The first kappa shape index (κ1) is 21.9. The Morgan fingerprint density at radius 1 is 1.25 bits per heavy atom. The lowest BCUT2D eigenvalue weighted by molar-refractivity contribution is 0.182. The van der Waals surface area contributed by atoms with Crippen LogP contribution in [0.5, 0.6) is 0 Å². The first-order valence-electron chi connectivity index (χ1n) is 9.95. The maximum atomic E-state index is 5.47. The van der Waals surface area contributed by atoms with Crippen LogP contribution in [0.4, 0.5) is 0 Å². The van der Waals surface area contributed by atoms with Crippen LogP contribution in [0.25, 0.3) is 0 Å². The van der Waals surface area contributed by atoms with Crippen LogP contribution < -0.4 is 10.6 Å². The lowest BCUT2D eigenvalue weighted by Gasteiger charge is -2.11. The Hall–Kier alpha value is -2.35. The molecule has 156 valence electrons. The lowest BCUT2D eigenvalue weighted by atomic mass is 9.99. The van der Waals surface area contributed by atoms with Gasteiger partial charge >= 0.3 is 0 Å². The summed E-state index contributed by atoms with van der Waals surface area (Å²) < 4.78 is 12.6. The average molecular weight is 391 g/mol. The summed E-state index contributed by atoms with van der Waals surface area (Å²) in [6.07, 6.45) is 2.13. The number of aromatic nitrogens is 3. The van der Waals surface area contributed by atoms with E-state index >= 15 is 0 Å². The molecule has 0 aromatic carbocycles. The zero-order valence-electron chi connectivity index (χ0n) is 18.0. The molecule has 0 amide bonds. The Bertz CT molecular complexity index is 761. The first-order chi connectivity index (χ1) is 13.5. The van der Waals surface area contributed by atoms with Crippen molar-refractivity contribution in [1.29, 1.82) is 0 Å². The van der Waals surface area contributed by atoms with Gasteiger partial charge in [-0.1, -0.05) is 19.0 Å². The number of aryl methyl sites for hydroxylation is 1. The quantitative estimate of drug-likeness (QED) is 0.479. The normalized spacial score (nSPS) is 12.0. The van der Waals surface area contributed by atoms with Crippen LogP contribution in [-0.4, -0.2) is 41.7 Å². The molecule has 2 rings (SSSR count). The van der Waals surface area contributed by atoms with Crippen molar-refractivity contribution in [2.45, 2.75) is 66.1 Å². The van der Waals surface area contributed by atoms with Crippen LogP contribution in [-0.2, 0) is 24.4 Å². The summed E-state index contributed by atoms with van der Waals surface area (Å²) in [4.78, 5) is 4.29. The Labute approximate surface area is 167 Å². The van der Waals surface area contributed by atoms with Crippen LogP contribution in [0.3, 0.4) is 0 Å². The molecule has 8 heteroatoms. The van der Waals surface area contributed by atoms with E-state index in [1.54, 1.807) is 14.2 Å². The van der Waals surface area contributed by atoms with Crippen LogP contribution in [0.15, 0.2) is 15.6 Å². The molecule has 0 aliphatic heterocycles. The third-order valence-corrected chi connectivity index (χ3v) is 5.11. The monoisotopic (exact) mass is 390 g/mol. The van der Waals surface area contributed by atoms with E-state index in [9.17, 15) is 0 Å². The molecule has 0 aliphatic carbocycles.